The number of amides is 2. The number of benzene rings is 1. The third kappa shape index (κ3) is 5.61. The van der Waals surface area contributed by atoms with Gasteiger partial charge < -0.3 is 19.6 Å². The molecule has 4 rings (SSSR count). The Morgan fingerprint density at radius 2 is 1.85 bits per heavy atom. The van der Waals surface area contributed by atoms with Gasteiger partial charge in [-0.15, -0.1) is 13.2 Å². The van der Waals surface area contributed by atoms with Gasteiger partial charge in [-0.25, -0.2) is 4.79 Å². The monoisotopic (exact) mass is 466 g/mol. The third-order valence-corrected chi connectivity index (χ3v) is 6.39. The minimum absolute atomic E-state index is 0.00586. The van der Waals surface area contributed by atoms with Gasteiger partial charge in [0.1, 0.15) is 5.75 Å². The molecule has 2 aromatic rings. The molecular weight excluding hydrogens is 437 g/mol. The summed E-state index contributed by atoms with van der Waals surface area (Å²) < 4.78 is 41.5. The highest BCUT2D eigenvalue weighted by molar-refractivity contribution is 5.75. The molecule has 2 saturated heterocycles. The number of halogens is 3. The zero-order chi connectivity index (χ0) is 23.8. The number of H-pyrrole nitrogens is 1. The number of aromatic nitrogens is 2. The molecule has 3 heterocycles. The van der Waals surface area contributed by atoms with Crippen LogP contribution in [0.1, 0.15) is 61.4 Å². The summed E-state index contributed by atoms with van der Waals surface area (Å²) in [6, 6.07) is 7.78. The number of nitrogens with one attached hydrogen (secondary N) is 1. The summed E-state index contributed by atoms with van der Waals surface area (Å²) in [6.45, 7) is 5.90. The van der Waals surface area contributed by atoms with E-state index in [9.17, 15) is 23.1 Å². The summed E-state index contributed by atoms with van der Waals surface area (Å²) in [5, 5.41) is 17.4. The number of ether oxygens (including phenoxy) is 1. The van der Waals surface area contributed by atoms with Gasteiger partial charge in [0, 0.05) is 43.7 Å². The fourth-order valence-electron chi connectivity index (χ4n) is 4.64. The highest BCUT2D eigenvalue weighted by Gasteiger charge is 2.36. The second-order valence-corrected chi connectivity index (χ2v) is 9.23. The van der Waals surface area contributed by atoms with Crippen LogP contribution in [0.3, 0.4) is 0 Å². The zero-order valence-corrected chi connectivity index (χ0v) is 18.7. The normalized spacial score (nSPS) is 23.9. The molecule has 7 nitrogen and oxygen atoms in total. The first-order valence-electron chi connectivity index (χ1n) is 11.2. The van der Waals surface area contributed by atoms with Gasteiger partial charge in [-0.2, -0.15) is 5.10 Å². The minimum atomic E-state index is -4.74. The largest absolute Gasteiger partial charge is 0.573 e. The Kier molecular flexibility index (Phi) is 6.56. The lowest BCUT2D eigenvalue weighted by Gasteiger charge is -2.39. The number of aliphatic hydroxyl groups is 1. The Balaban J connectivity index is 1.56. The van der Waals surface area contributed by atoms with E-state index >= 15 is 0 Å². The number of hydrogen-bond donors (Lipinski definition) is 2. The topological polar surface area (TPSA) is 81.7 Å². The Hall–Kier alpha value is -2.75. The molecule has 0 saturated carbocycles. The van der Waals surface area contributed by atoms with Crippen molar-refractivity contribution in [3.8, 4) is 5.75 Å². The van der Waals surface area contributed by atoms with Gasteiger partial charge in [-0.1, -0.05) is 26.0 Å². The molecule has 1 aromatic heterocycles. The van der Waals surface area contributed by atoms with E-state index in [1.807, 2.05) is 6.07 Å². The van der Waals surface area contributed by atoms with E-state index in [1.54, 1.807) is 21.9 Å². The van der Waals surface area contributed by atoms with Gasteiger partial charge in [-0.3, -0.25) is 5.10 Å². The van der Waals surface area contributed by atoms with Crippen molar-refractivity contribution >= 4 is 6.03 Å². The highest BCUT2D eigenvalue weighted by Crippen LogP contribution is 2.37. The van der Waals surface area contributed by atoms with Crippen molar-refractivity contribution < 1.29 is 27.8 Å². The minimum Gasteiger partial charge on any atom is -0.406 e. The maximum atomic E-state index is 13.2. The van der Waals surface area contributed by atoms with Gasteiger partial charge in [0.15, 0.2) is 0 Å². The second kappa shape index (κ2) is 9.24. The van der Waals surface area contributed by atoms with Crippen LogP contribution in [-0.2, 0) is 0 Å². The standard InChI is InChI=1S/C23H29F3N4O3/c1-14(2)20-10-21(28-27-20)17-9-16(15-3-5-19(6-4-15)33-23(24,25)26)11-30(12-17)22(32)29-8-7-18(31)13-29/h3-6,10,14,16-18,31H,7-9,11-13H2,1-2H3,(H,27,28). The molecule has 0 bridgehead atoms. The van der Waals surface area contributed by atoms with E-state index in [4.69, 9.17) is 0 Å². The molecule has 3 unspecified atom stereocenters. The first kappa shape index (κ1) is 23.4. The maximum Gasteiger partial charge on any atom is 0.573 e. The number of piperidine rings is 1. The van der Waals surface area contributed by atoms with Crippen LogP contribution in [0.25, 0.3) is 0 Å². The number of carbonyl (C=O) groups excluding carboxylic acids is 1. The average molecular weight is 467 g/mol. The van der Waals surface area contributed by atoms with Crippen LogP contribution in [0.4, 0.5) is 18.0 Å². The molecule has 2 fully saturated rings. The molecule has 0 radical (unpaired) electrons. The molecule has 2 N–H and O–H groups in total. The van der Waals surface area contributed by atoms with E-state index in [0.29, 0.717) is 32.6 Å². The van der Waals surface area contributed by atoms with Crippen LogP contribution in [0.5, 0.6) is 5.75 Å². The number of β-amino-alcohol motifs (C(OH)–C–C–N with tert-alkyl or cyclic N) is 1. The molecule has 10 heteroatoms. The Bertz CT molecular complexity index is 961. The zero-order valence-electron chi connectivity index (χ0n) is 18.7. The summed E-state index contributed by atoms with van der Waals surface area (Å²) in [5.74, 6) is -0.0654. The molecule has 0 aliphatic carbocycles. The average Bonchev–Trinajstić information content (AvgIpc) is 3.42. The number of likely N-dealkylation sites (tertiary alicyclic amines) is 2. The van der Waals surface area contributed by atoms with Gasteiger partial charge >= 0.3 is 12.4 Å². The van der Waals surface area contributed by atoms with Gasteiger partial charge in [0.25, 0.3) is 0 Å². The number of alkyl halides is 3. The summed E-state index contributed by atoms with van der Waals surface area (Å²) in [5.41, 5.74) is 2.73. The van der Waals surface area contributed by atoms with Gasteiger partial charge in [0.05, 0.1) is 11.8 Å². The lowest BCUT2D eigenvalue weighted by atomic mass is 9.83. The molecule has 0 spiro atoms. The van der Waals surface area contributed by atoms with Crippen molar-refractivity contribution in [3.63, 3.8) is 0 Å². The van der Waals surface area contributed by atoms with Crippen LogP contribution < -0.4 is 4.74 Å². The van der Waals surface area contributed by atoms with Crippen molar-refractivity contribution in [1.82, 2.24) is 20.0 Å². The molecule has 33 heavy (non-hydrogen) atoms. The predicted molar refractivity (Wildman–Crippen MR) is 115 cm³/mol. The maximum absolute atomic E-state index is 13.2. The van der Waals surface area contributed by atoms with Crippen molar-refractivity contribution in [3.05, 3.63) is 47.3 Å². The lowest BCUT2D eigenvalue weighted by molar-refractivity contribution is -0.274. The Morgan fingerprint density at radius 3 is 2.42 bits per heavy atom. The van der Waals surface area contributed by atoms with E-state index in [0.717, 1.165) is 23.4 Å². The molecule has 2 aliphatic rings. The fourth-order valence-corrected chi connectivity index (χ4v) is 4.64. The van der Waals surface area contributed by atoms with Gasteiger partial charge in [0.2, 0.25) is 0 Å². The number of rotatable bonds is 4. The van der Waals surface area contributed by atoms with Crippen LogP contribution in [0, 0.1) is 0 Å². The quantitative estimate of drug-likeness (QED) is 0.708. The number of hydrogen-bond acceptors (Lipinski definition) is 4. The molecule has 1 aromatic carbocycles. The summed E-state index contributed by atoms with van der Waals surface area (Å²) in [6.07, 6.45) is -3.96. The van der Waals surface area contributed by atoms with Crippen molar-refractivity contribution in [2.75, 3.05) is 26.2 Å². The Labute approximate surface area is 190 Å². The van der Waals surface area contributed by atoms with E-state index in [-0.39, 0.29) is 29.5 Å². The van der Waals surface area contributed by atoms with Crippen molar-refractivity contribution in [1.29, 1.82) is 0 Å². The van der Waals surface area contributed by atoms with Gasteiger partial charge in [-0.05, 0) is 42.5 Å². The van der Waals surface area contributed by atoms with Crippen molar-refractivity contribution in [2.45, 2.75) is 56.9 Å². The van der Waals surface area contributed by atoms with Crippen LogP contribution >= 0.6 is 0 Å². The van der Waals surface area contributed by atoms with Crippen molar-refractivity contribution in [2.24, 2.45) is 0 Å². The number of nitrogens with zero attached hydrogens (tertiary/aromatic N) is 3. The predicted octanol–water partition coefficient (Wildman–Crippen LogP) is 4.19. The van der Waals surface area contributed by atoms with E-state index < -0.39 is 12.5 Å². The molecule has 2 aliphatic heterocycles. The Morgan fingerprint density at radius 1 is 1.15 bits per heavy atom. The highest BCUT2D eigenvalue weighted by atomic mass is 19.4. The van der Waals surface area contributed by atoms with E-state index in [2.05, 4.69) is 28.8 Å². The summed E-state index contributed by atoms with van der Waals surface area (Å²) >= 11 is 0. The van der Waals surface area contributed by atoms with E-state index in [1.165, 1.54) is 12.1 Å². The third-order valence-electron chi connectivity index (χ3n) is 6.39. The van der Waals surface area contributed by atoms with Crippen LogP contribution in [-0.4, -0.2) is 69.8 Å². The number of urea groups is 1. The van der Waals surface area contributed by atoms with Crippen LogP contribution in [0.2, 0.25) is 0 Å². The number of carbonyl (C=O) groups is 1. The van der Waals surface area contributed by atoms with Crippen LogP contribution in [0.15, 0.2) is 30.3 Å². The number of aromatic amines is 1. The molecule has 2 amide bonds. The second-order valence-electron chi connectivity index (χ2n) is 9.23. The first-order valence-corrected chi connectivity index (χ1v) is 11.2. The SMILES string of the molecule is CC(C)c1cc(C2CC(c3ccc(OC(F)(F)F)cc3)CN(C(=O)N3CCC(O)C3)C2)[nH]n1. The number of aliphatic hydroxyl groups excluding tert-OH is 1. The summed E-state index contributed by atoms with van der Waals surface area (Å²) in [7, 11) is 0. The molecule has 180 valence electrons. The molecular formula is C23H29F3N4O3. The first-order chi connectivity index (χ1) is 15.6. The lowest BCUT2D eigenvalue weighted by Crippen LogP contribution is -2.48. The molecule has 3 atom stereocenters. The smallest absolute Gasteiger partial charge is 0.406 e. The summed E-state index contributed by atoms with van der Waals surface area (Å²) in [4.78, 5) is 16.6. The fraction of sp³-hybridized carbons (Fsp3) is 0.565.